The molecule has 0 aliphatic carbocycles. The van der Waals surface area contributed by atoms with Gasteiger partial charge in [-0.3, -0.25) is 0 Å². The molecule has 31 heavy (non-hydrogen) atoms. The highest BCUT2D eigenvalue weighted by molar-refractivity contribution is 5.59. The summed E-state index contributed by atoms with van der Waals surface area (Å²) in [6.45, 7) is 5.81. The van der Waals surface area contributed by atoms with Crippen molar-refractivity contribution in [3.05, 3.63) is 57.6 Å². The molecule has 0 atom stereocenters. The number of aromatic hydroxyl groups is 2. The van der Waals surface area contributed by atoms with Crippen LogP contribution in [0.25, 0.3) is 0 Å². The van der Waals surface area contributed by atoms with E-state index in [0.29, 0.717) is 0 Å². The van der Waals surface area contributed by atoms with Gasteiger partial charge >= 0.3 is 12.4 Å². The second kappa shape index (κ2) is 8.63. The molecule has 0 unspecified atom stereocenters. The van der Waals surface area contributed by atoms with Gasteiger partial charge in [-0.2, -0.15) is 26.3 Å². The molecule has 0 heterocycles. The van der Waals surface area contributed by atoms with Gasteiger partial charge in [-0.1, -0.05) is 27.7 Å². The van der Waals surface area contributed by atoms with Crippen LogP contribution in [0.15, 0.2) is 24.3 Å². The smallest absolute Gasteiger partial charge is 0.411 e. The number of aryl methyl sites for hydroxylation is 4. The summed E-state index contributed by atoms with van der Waals surface area (Å²) in [7, 11) is 0. The van der Waals surface area contributed by atoms with Gasteiger partial charge in [0, 0.05) is 0 Å². The molecule has 2 aromatic rings. The van der Waals surface area contributed by atoms with Crippen molar-refractivity contribution in [2.45, 2.75) is 71.1 Å². The lowest BCUT2D eigenvalue weighted by Gasteiger charge is -2.42. The summed E-state index contributed by atoms with van der Waals surface area (Å²) >= 11 is 0. The monoisotopic (exact) mass is 448 g/mol. The van der Waals surface area contributed by atoms with Gasteiger partial charge in [0.1, 0.15) is 11.5 Å². The number of rotatable bonds is 6. The molecule has 2 rings (SSSR count). The van der Waals surface area contributed by atoms with Crippen LogP contribution in [-0.4, -0.2) is 22.6 Å². The molecule has 0 saturated heterocycles. The first-order valence-electron chi connectivity index (χ1n) is 10.1. The van der Waals surface area contributed by atoms with Gasteiger partial charge in [0.2, 0.25) is 5.41 Å². The molecule has 8 heteroatoms. The van der Waals surface area contributed by atoms with E-state index in [4.69, 9.17) is 0 Å². The number of alkyl halides is 6. The van der Waals surface area contributed by atoms with Crippen molar-refractivity contribution in [2.75, 3.05) is 0 Å². The van der Waals surface area contributed by atoms with E-state index in [1.807, 2.05) is 0 Å². The fourth-order valence-corrected chi connectivity index (χ4v) is 4.43. The standard InChI is InChI=1S/C23H26F6O2/c1-5-13-9-17(30)10-14(6-2)19(13)21(22(24,25)26,23(27,28)29)20-15(7-3)11-18(31)12-16(20)8-4/h9-12,30-31H,5-8H2,1-4H3. The third-order valence-corrected chi connectivity index (χ3v) is 5.70. The van der Waals surface area contributed by atoms with Crippen LogP contribution < -0.4 is 0 Å². The molecule has 0 amide bonds. The largest absolute Gasteiger partial charge is 0.508 e. The van der Waals surface area contributed by atoms with Crippen LogP contribution in [0, 0.1) is 0 Å². The molecule has 0 saturated carbocycles. The average molecular weight is 448 g/mol. The highest BCUT2D eigenvalue weighted by Gasteiger charge is 2.74. The van der Waals surface area contributed by atoms with Crippen molar-refractivity contribution < 1.29 is 36.6 Å². The Morgan fingerprint density at radius 1 is 0.548 bits per heavy atom. The topological polar surface area (TPSA) is 40.5 Å². The molecule has 0 spiro atoms. The first-order chi connectivity index (χ1) is 14.3. The molecule has 2 N–H and O–H groups in total. The third-order valence-electron chi connectivity index (χ3n) is 5.70. The number of hydrogen-bond acceptors (Lipinski definition) is 2. The summed E-state index contributed by atoms with van der Waals surface area (Å²) < 4.78 is 89.2. The average Bonchev–Trinajstić information content (AvgIpc) is 2.66. The summed E-state index contributed by atoms with van der Waals surface area (Å²) in [5.74, 6) is -0.763. The predicted octanol–water partition coefficient (Wildman–Crippen LogP) is 6.76. The first-order valence-corrected chi connectivity index (χ1v) is 10.1. The van der Waals surface area contributed by atoms with Crippen LogP contribution >= 0.6 is 0 Å². The molecular weight excluding hydrogens is 422 g/mol. The maximum absolute atomic E-state index is 14.9. The summed E-state index contributed by atoms with van der Waals surface area (Å²) in [6, 6.07) is 3.88. The van der Waals surface area contributed by atoms with E-state index in [1.165, 1.54) is 27.7 Å². The van der Waals surface area contributed by atoms with Crippen LogP contribution in [0.4, 0.5) is 26.3 Å². The summed E-state index contributed by atoms with van der Waals surface area (Å²) in [6.07, 6.45) is -12.0. The first kappa shape index (κ1) is 24.9. The number of phenolic OH excluding ortho intramolecular Hbond substituents is 2. The highest BCUT2D eigenvalue weighted by atomic mass is 19.4. The van der Waals surface area contributed by atoms with E-state index in [0.717, 1.165) is 24.3 Å². The Labute approximate surface area is 177 Å². The Hall–Kier alpha value is -2.38. The van der Waals surface area contributed by atoms with Crippen molar-refractivity contribution >= 4 is 0 Å². The summed E-state index contributed by atoms with van der Waals surface area (Å²) in [4.78, 5) is 0. The molecule has 0 fully saturated rings. The fourth-order valence-electron chi connectivity index (χ4n) is 4.43. The van der Waals surface area contributed by atoms with Crippen molar-refractivity contribution in [2.24, 2.45) is 0 Å². The zero-order valence-corrected chi connectivity index (χ0v) is 17.8. The van der Waals surface area contributed by atoms with E-state index < -0.39 is 28.9 Å². The molecule has 2 aromatic carbocycles. The van der Waals surface area contributed by atoms with Crippen molar-refractivity contribution in [1.82, 2.24) is 0 Å². The maximum Gasteiger partial charge on any atom is 0.411 e. The minimum Gasteiger partial charge on any atom is -0.508 e. The minimum absolute atomic E-state index is 0.133. The van der Waals surface area contributed by atoms with E-state index in [2.05, 4.69) is 0 Å². The molecule has 0 radical (unpaired) electrons. The van der Waals surface area contributed by atoms with Crippen molar-refractivity contribution in [3.8, 4) is 11.5 Å². The molecule has 172 valence electrons. The number of halogens is 6. The summed E-state index contributed by atoms with van der Waals surface area (Å²) in [5, 5.41) is 19.9. The number of hydrogen-bond donors (Lipinski definition) is 2. The van der Waals surface area contributed by atoms with Crippen LogP contribution in [-0.2, 0) is 31.1 Å². The van der Waals surface area contributed by atoms with Gasteiger partial charge in [-0.15, -0.1) is 0 Å². The summed E-state index contributed by atoms with van der Waals surface area (Å²) in [5.41, 5.74) is -6.95. The molecule has 0 aliphatic rings. The Bertz CT molecular complexity index is 817. The van der Waals surface area contributed by atoms with Crippen molar-refractivity contribution in [1.29, 1.82) is 0 Å². The van der Waals surface area contributed by atoms with E-state index in [-0.39, 0.29) is 59.4 Å². The lowest BCUT2D eigenvalue weighted by Crippen LogP contribution is -2.56. The molecule has 0 bridgehead atoms. The molecule has 0 aliphatic heterocycles. The van der Waals surface area contributed by atoms with E-state index >= 15 is 0 Å². The van der Waals surface area contributed by atoms with Crippen LogP contribution in [0.2, 0.25) is 0 Å². The van der Waals surface area contributed by atoms with Crippen molar-refractivity contribution in [3.63, 3.8) is 0 Å². The molecular formula is C23H26F6O2. The Balaban J connectivity index is 3.31. The predicted molar refractivity (Wildman–Crippen MR) is 107 cm³/mol. The molecule has 2 nitrogen and oxygen atoms in total. The minimum atomic E-state index is -5.74. The quantitative estimate of drug-likeness (QED) is 0.480. The van der Waals surface area contributed by atoms with Gasteiger partial charge in [0.15, 0.2) is 0 Å². The van der Waals surface area contributed by atoms with Gasteiger partial charge in [0.05, 0.1) is 0 Å². The fraction of sp³-hybridized carbons (Fsp3) is 0.478. The lowest BCUT2D eigenvalue weighted by atomic mass is 9.65. The highest BCUT2D eigenvalue weighted by Crippen LogP contribution is 2.60. The Kier molecular flexibility index (Phi) is 6.93. The van der Waals surface area contributed by atoms with Crippen LogP contribution in [0.5, 0.6) is 11.5 Å². The van der Waals surface area contributed by atoms with Gasteiger partial charge in [0.25, 0.3) is 0 Å². The second-order valence-corrected chi connectivity index (χ2v) is 7.44. The van der Waals surface area contributed by atoms with Crippen LogP contribution in [0.3, 0.4) is 0 Å². The van der Waals surface area contributed by atoms with E-state index in [1.54, 1.807) is 0 Å². The van der Waals surface area contributed by atoms with Gasteiger partial charge in [-0.25, -0.2) is 0 Å². The lowest BCUT2D eigenvalue weighted by molar-refractivity contribution is -0.289. The Morgan fingerprint density at radius 2 is 0.774 bits per heavy atom. The van der Waals surface area contributed by atoms with Gasteiger partial charge in [-0.05, 0) is 83.3 Å². The molecule has 0 aromatic heterocycles. The SMILES string of the molecule is CCc1cc(O)cc(CC)c1C(c1c(CC)cc(O)cc1CC)(C(F)(F)F)C(F)(F)F. The zero-order chi connectivity index (χ0) is 23.8. The normalized spacial score (nSPS) is 13.0. The third kappa shape index (κ3) is 3.96. The van der Waals surface area contributed by atoms with Gasteiger partial charge < -0.3 is 10.2 Å². The number of benzene rings is 2. The Morgan fingerprint density at radius 3 is 0.935 bits per heavy atom. The second-order valence-electron chi connectivity index (χ2n) is 7.44. The van der Waals surface area contributed by atoms with E-state index in [9.17, 15) is 36.6 Å². The zero-order valence-electron chi connectivity index (χ0n) is 17.8. The maximum atomic E-state index is 14.9. The van der Waals surface area contributed by atoms with Crippen LogP contribution in [0.1, 0.15) is 61.1 Å². The number of phenols is 2.